The SMILES string of the molecule is O=C(O)OCC(O)C(O)O. The molecule has 0 aromatic rings. The molecule has 6 nitrogen and oxygen atoms in total. The maximum Gasteiger partial charge on any atom is 0.505 e. The lowest BCUT2D eigenvalue weighted by Crippen LogP contribution is -2.30. The summed E-state index contributed by atoms with van der Waals surface area (Å²) >= 11 is 0. The van der Waals surface area contributed by atoms with Crippen LogP contribution in [0.2, 0.25) is 0 Å². The standard InChI is InChI=1S/C4H8O6/c5-2(3(6)7)1-10-4(8)9/h2-3,5-7H,1H2,(H,8,9). The summed E-state index contributed by atoms with van der Waals surface area (Å²) in [6.07, 6.45) is -5.13. The first-order valence-corrected chi connectivity index (χ1v) is 2.44. The number of aliphatic hydroxyl groups excluding tert-OH is 2. The van der Waals surface area contributed by atoms with Gasteiger partial charge in [0.15, 0.2) is 6.29 Å². The van der Waals surface area contributed by atoms with Gasteiger partial charge < -0.3 is 25.2 Å². The molecule has 6 heteroatoms. The molecule has 0 aromatic heterocycles. The van der Waals surface area contributed by atoms with Crippen molar-refractivity contribution in [3.05, 3.63) is 0 Å². The van der Waals surface area contributed by atoms with E-state index in [0.717, 1.165) is 0 Å². The van der Waals surface area contributed by atoms with E-state index in [0.29, 0.717) is 0 Å². The van der Waals surface area contributed by atoms with E-state index in [1.165, 1.54) is 0 Å². The predicted molar refractivity (Wildman–Crippen MR) is 28.2 cm³/mol. The van der Waals surface area contributed by atoms with E-state index in [4.69, 9.17) is 20.4 Å². The molecule has 1 unspecified atom stereocenters. The van der Waals surface area contributed by atoms with Gasteiger partial charge in [0.2, 0.25) is 0 Å². The molecule has 0 radical (unpaired) electrons. The number of hydrogen-bond donors (Lipinski definition) is 4. The Balaban J connectivity index is 3.39. The number of hydrogen-bond acceptors (Lipinski definition) is 5. The smallest absolute Gasteiger partial charge is 0.450 e. The van der Waals surface area contributed by atoms with Crippen LogP contribution in [0.4, 0.5) is 4.79 Å². The molecule has 0 saturated carbocycles. The first kappa shape index (κ1) is 9.15. The third-order valence-electron chi connectivity index (χ3n) is 0.722. The minimum Gasteiger partial charge on any atom is -0.450 e. The van der Waals surface area contributed by atoms with Gasteiger partial charge in [0.1, 0.15) is 12.7 Å². The Morgan fingerprint density at radius 1 is 1.40 bits per heavy atom. The van der Waals surface area contributed by atoms with Gasteiger partial charge in [0, 0.05) is 0 Å². The van der Waals surface area contributed by atoms with Crippen LogP contribution in [0.25, 0.3) is 0 Å². The Hall–Kier alpha value is -0.850. The van der Waals surface area contributed by atoms with Gasteiger partial charge in [-0.3, -0.25) is 0 Å². The van der Waals surface area contributed by atoms with Crippen LogP contribution in [0.1, 0.15) is 0 Å². The quantitative estimate of drug-likeness (QED) is 0.285. The van der Waals surface area contributed by atoms with Crippen molar-refractivity contribution in [1.29, 1.82) is 0 Å². The molecule has 0 saturated heterocycles. The van der Waals surface area contributed by atoms with Crippen LogP contribution in [0.15, 0.2) is 0 Å². The van der Waals surface area contributed by atoms with Crippen LogP contribution in [0.5, 0.6) is 0 Å². The molecule has 0 heterocycles. The predicted octanol–water partition coefficient (Wildman–Crippen LogP) is -1.65. The maximum atomic E-state index is 9.63. The van der Waals surface area contributed by atoms with Crippen molar-refractivity contribution in [2.45, 2.75) is 12.4 Å². The molecule has 10 heavy (non-hydrogen) atoms. The van der Waals surface area contributed by atoms with Gasteiger partial charge in [-0.25, -0.2) is 4.79 Å². The van der Waals surface area contributed by atoms with Gasteiger partial charge in [-0.1, -0.05) is 0 Å². The highest BCUT2D eigenvalue weighted by molar-refractivity contribution is 5.56. The number of ether oxygens (including phenoxy) is 1. The lowest BCUT2D eigenvalue weighted by atomic mass is 10.4. The fraction of sp³-hybridized carbons (Fsp3) is 0.750. The van der Waals surface area contributed by atoms with Crippen molar-refractivity contribution in [2.75, 3.05) is 6.61 Å². The fourth-order valence-corrected chi connectivity index (χ4v) is 0.243. The van der Waals surface area contributed by atoms with Crippen LogP contribution < -0.4 is 0 Å². The van der Waals surface area contributed by atoms with Crippen molar-refractivity contribution in [1.82, 2.24) is 0 Å². The van der Waals surface area contributed by atoms with E-state index in [-0.39, 0.29) is 0 Å². The summed E-state index contributed by atoms with van der Waals surface area (Å²) in [7, 11) is 0. The third kappa shape index (κ3) is 4.07. The van der Waals surface area contributed by atoms with E-state index in [9.17, 15) is 4.79 Å². The molecule has 60 valence electrons. The average molecular weight is 152 g/mol. The molecule has 0 fully saturated rings. The zero-order chi connectivity index (χ0) is 8.15. The maximum absolute atomic E-state index is 9.63. The summed E-state index contributed by atoms with van der Waals surface area (Å²) in [5.41, 5.74) is 0. The van der Waals surface area contributed by atoms with Crippen LogP contribution in [-0.4, -0.2) is 45.6 Å². The van der Waals surface area contributed by atoms with Crippen molar-refractivity contribution in [3.63, 3.8) is 0 Å². The molecule has 0 aliphatic rings. The Bertz CT molecular complexity index is 110. The Kier molecular flexibility index (Phi) is 3.70. The van der Waals surface area contributed by atoms with Crippen molar-refractivity contribution in [3.8, 4) is 0 Å². The van der Waals surface area contributed by atoms with Gasteiger partial charge in [-0.15, -0.1) is 0 Å². The van der Waals surface area contributed by atoms with Gasteiger partial charge in [-0.2, -0.15) is 0 Å². The molecule has 0 aliphatic carbocycles. The summed E-state index contributed by atoms with van der Waals surface area (Å²) in [5, 5.41) is 32.7. The van der Waals surface area contributed by atoms with Crippen LogP contribution in [0, 0.1) is 0 Å². The zero-order valence-electron chi connectivity index (χ0n) is 4.97. The van der Waals surface area contributed by atoms with Crippen molar-refractivity contribution >= 4 is 6.16 Å². The number of carbonyl (C=O) groups is 1. The molecule has 0 aromatic carbocycles. The van der Waals surface area contributed by atoms with Gasteiger partial charge >= 0.3 is 6.16 Å². The van der Waals surface area contributed by atoms with Gasteiger partial charge in [0.05, 0.1) is 0 Å². The molecule has 0 bridgehead atoms. The van der Waals surface area contributed by atoms with Gasteiger partial charge in [0.25, 0.3) is 0 Å². The van der Waals surface area contributed by atoms with Crippen LogP contribution in [0.3, 0.4) is 0 Å². The number of rotatable bonds is 3. The Morgan fingerprint density at radius 2 is 1.90 bits per heavy atom. The minimum absolute atomic E-state index is 0.646. The molecular weight excluding hydrogens is 144 g/mol. The summed E-state index contributed by atoms with van der Waals surface area (Å²) in [6.45, 7) is -0.646. The molecule has 1 atom stereocenters. The van der Waals surface area contributed by atoms with E-state index in [1.807, 2.05) is 0 Å². The zero-order valence-corrected chi connectivity index (χ0v) is 4.97. The lowest BCUT2D eigenvalue weighted by molar-refractivity contribution is -0.137. The van der Waals surface area contributed by atoms with Crippen molar-refractivity contribution in [2.24, 2.45) is 0 Å². The minimum atomic E-state index is -1.97. The molecule has 0 aliphatic heterocycles. The highest BCUT2D eigenvalue weighted by Gasteiger charge is 2.14. The molecular formula is C4H8O6. The first-order valence-electron chi connectivity index (χ1n) is 2.44. The Labute approximate surface area is 56.3 Å². The van der Waals surface area contributed by atoms with E-state index < -0.39 is 25.2 Å². The highest BCUT2D eigenvalue weighted by atomic mass is 16.7. The van der Waals surface area contributed by atoms with Gasteiger partial charge in [-0.05, 0) is 0 Å². The monoisotopic (exact) mass is 152 g/mol. The summed E-state index contributed by atoms with van der Waals surface area (Å²) in [4.78, 5) is 9.63. The average Bonchev–Trinajstić information content (AvgIpc) is 1.82. The number of aliphatic hydroxyl groups is 3. The van der Waals surface area contributed by atoms with E-state index >= 15 is 0 Å². The normalized spacial score (nSPS) is 13.2. The molecule has 0 spiro atoms. The second-order valence-electron chi connectivity index (χ2n) is 1.56. The first-order chi connectivity index (χ1) is 4.54. The summed E-state index contributed by atoms with van der Waals surface area (Å²) < 4.78 is 3.81. The second kappa shape index (κ2) is 4.04. The summed E-state index contributed by atoms with van der Waals surface area (Å²) in [6, 6.07) is 0. The molecule has 0 rings (SSSR count). The van der Waals surface area contributed by atoms with E-state index in [2.05, 4.69) is 4.74 Å². The van der Waals surface area contributed by atoms with Crippen LogP contribution >= 0.6 is 0 Å². The highest BCUT2D eigenvalue weighted by Crippen LogP contribution is 1.89. The Morgan fingerprint density at radius 3 is 2.20 bits per heavy atom. The third-order valence-corrected chi connectivity index (χ3v) is 0.722. The second-order valence-corrected chi connectivity index (χ2v) is 1.56. The lowest BCUT2D eigenvalue weighted by Gasteiger charge is -2.10. The molecule has 4 N–H and O–H groups in total. The fourth-order valence-electron chi connectivity index (χ4n) is 0.243. The van der Waals surface area contributed by atoms with Crippen LogP contribution in [-0.2, 0) is 4.74 Å². The largest absolute Gasteiger partial charge is 0.505 e. The number of carboxylic acid groups (broad SMARTS) is 1. The molecule has 0 amide bonds. The summed E-state index contributed by atoms with van der Waals surface area (Å²) in [5.74, 6) is 0. The van der Waals surface area contributed by atoms with Crippen molar-refractivity contribution < 1.29 is 30.0 Å². The van der Waals surface area contributed by atoms with E-state index in [1.54, 1.807) is 0 Å². The topological polar surface area (TPSA) is 107 Å².